The second-order valence-corrected chi connectivity index (χ2v) is 4.95. The van der Waals surface area contributed by atoms with Crippen LogP contribution >= 0.6 is 0 Å². The Morgan fingerprint density at radius 2 is 2.06 bits per heavy atom. The minimum Gasteiger partial charge on any atom is -0.497 e. The number of methoxy groups -OCH3 is 1. The van der Waals surface area contributed by atoms with Crippen molar-refractivity contribution in [3.8, 4) is 5.75 Å². The molecule has 7 nitrogen and oxygen atoms in total. The molecule has 0 aliphatic carbocycles. The Morgan fingerprint density at radius 1 is 1.39 bits per heavy atom. The molecule has 1 aromatic rings. The molecule has 0 aliphatic rings. The summed E-state index contributed by atoms with van der Waals surface area (Å²) in [6, 6.07) is 4.05. The van der Waals surface area contributed by atoms with E-state index in [4.69, 9.17) is 9.84 Å². The van der Waals surface area contributed by atoms with Crippen molar-refractivity contribution in [3.63, 3.8) is 0 Å². The first-order chi connectivity index (χ1) is 8.40. The van der Waals surface area contributed by atoms with Crippen molar-refractivity contribution in [2.24, 2.45) is 0 Å². The number of hydrogen-bond acceptors (Lipinski definition) is 5. The van der Waals surface area contributed by atoms with Gasteiger partial charge in [0.25, 0.3) is 10.0 Å². The highest BCUT2D eigenvalue weighted by Gasteiger charge is 2.20. The van der Waals surface area contributed by atoms with Gasteiger partial charge >= 0.3 is 5.97 Å². The Morgan fingerprint density at radius 3 is 2.56 bits per heavy atom. The van der Waals surface area contributed by atoms with Gasteiger partial charge in [0.05, 0.1) is 25.5 Å². The molecule has 0 aliphatic heterocycles. The van der Waals surface area contributed by atoms with E-state index in [-0.39, 0.29) is 10.5 Å². The van der Waals surface area contributed by atoms with Crippen molar-refractivity contribution in [2.45, 2.75) is 11.3 Å². The molecule has 8 heteroatoms. The zero-order valence-corrected chi connectivity index (χ0v) is 10.7. The van der Waals surface area contributed by atoms with Crippen LogP contribution in [0.4, 0.5) is 0 Å². The quantitative estimate of drug-likeness (QED) is 0.717. The monoisotopic (exact) mass is 275 g/mol. The van der Waals surface area contributed by atoms with E-state index in [0.717, 1.165) is 7.11 Å². The number of nitrogens with one attached hydrogen (secondary N) is 1. The van der Waals surface area contributed by atoms with E-state index < -0.39 is 22.4 Å². The molecule has 0 spiro atoms. The summed E-state index contributed by atoms with van der Waals surface area (Å²) in [6.07, 6.45) is -0.433. The number of carboxylic acid groups (broad SMARTS) is 1. The normalized spacial score (nSPS) is 11.2. The van der Waals surface area contributed by atoms with Gasteiger partial charge in [0.15, 0.2) is 0 Å². The van der Waals surface area contributed by atoms with Crippen LogP contribution in [0.1, 0.15) is 5.56 Å². The van der Waals surface area contributed by atoms with Crippen LogP contribution in [0.3, 0.4) is 0 Å². The first-order valence-corrected chi connectivity index (χ1v) is 6.32. The maximum absolute atomic E-state index is 11.8. The molecular weight excluding hydrogens is 262 g/mol. The topological polar surface area (TPSA) is 102 Å². The third-order valence-electron chi connectivity index (χ3n) is 2.09. The highest BCUT2D eigenvalue weighted by atomic mass is 32.2. The van der Waals surface area contributed by atoms with Gasteiger partial charge in [-0.25, -0.2) is 8.42 Å². The van der Waals surface area contributed by atoms with Crippen molar-refractivity contribution in [1.29, 1.82) is 0 Å². The molecule has 2 N–H and O–H groups in total. The van der Waals surface area contributed by atoms with E-state index >= 15 is 0 Å². The standard InChI is InChI=1S/C10H13NO6S/c1-16-8-3-4-9(18(14,15)11-17-2)7(5-8)6-10(12)13/h3-5,11H,6H2,1-2H3,(H,12,13). The van der Waals surface area contributed by atoms with Crippen LogP contribution in [0.5, 0.6) is 5.75 Å². The first kappa shape index (κ1) is 14.4. The lowest BCUT2D eigenvalue weighted by molar-refractivity contribution is -0.136. The number of sulfonamides is 1. The zero-order chi connectivity index (χ0) is 13.8. The predicted octanol–water partition coefficient (Wildman–Crippen LogP) is 0.162. The van der Waals surface area contributed by atoms with E-state index in [0.29, 0.717) is 5.75 Å². The van der Waals surface area contributed by atoms with Crippen molar-refractivity contribution in [1.82, 2.24) is 4.89 Å². The molecule has 1 aromatic carbocycles. The Kier molecular flexibility index (Phi) is 4.65. The summed E-state index contributed by atoms with van der Waals surface area (Å²) in [6.45, 7) is 0. The van der Waals surface area contributed by atoms with Crippen LogP contribution in [0.2, 0.25) is 0 Å². The Labute approximate surface area is 104 Å². The molecule has 0 aromatic heterocycles. The third-order valence-corrected chi connectivity index (χ3v) is 3.46. The van der Waals surface area contributed by atoms with Crippen LogP contribution < -0.4 is 9.62 Å². The molecule has 0 heterocycles. The van der Waals surface area contributed by atoms with E-state index in [1.807, 2.05) is 4.89 Å². The molecule has 0 radical (unpaired) electrons. The van der Waals surface area contributed by atoms with Gasteiger partial charge < -0.3 is 9.84 Å². The zero-order valence-electron chi connectivity index (χ0n) is 9.84. The second-order valence-electron chi connectivity index (χ2n) is 3.34. The van der Waals surface area contributed by atoms with Gasteiger partial charge in [0.1, 0.15) is 5.75 Å². The summed E-state index contributed by atoms with van der Waals surface area (Å²) in [7, 11) is -1.35. The number of carbonyl (C=O) groups is 1. The Hall–Kier alpha value is -1.64. The average molecular weight is 275 g/mol. The van der Waals surface area contributed by atoms with Crippen LogP contribution in [0, 0.1) is 0 Å². The number of rotatable bonds is 6. The van der Waals surface area contributed by atoms with Crippen molar-refractivity contribution in [2.75, 3.05) is 14.2 Å². The van der Waals surface area contributed by atoms with Crippen molar-refractivity contribution < 1.29 is 27.9 Å². The maximum atomic E-state index is 11.8. The lowest BCUT2D eigenvalue weighted by Crippen LogP contribution is -2.24. The predicted molar refractivity (Wildman–Crippen MR) is 61.7 cm³/mol. The van der Waals surface area contributed by atoms with Gasteiger partial charge in [0, 0.05) is 0 Å². The summed E-state index contributed by atoms with van der Waals surface area (Å²) in [5.41, 5.74) is 0.117. The lowest BCUT2D eigenvalue weighted by Gasteiger charge is -2.10. The highest BCUT2D eigenvalue weighted by Crippen LogP contribution is 2.22. The largest absolute Gasteiger partial charge is 0.497 e. The molecule has 0 atom stereocenters. The van der Waals surface area contributed by atoms with Crippen molar-refractivity contribution in [3.05, 3.63) is 23.8 Å². The van der Waals surface area contributed by atoms with Gasteiger partial charge in [-0.1, -0.05) is 4.89 Å². The lowest BCUT2D eigenvalue weighted by atomic mass is 10.1. The molecule has 0 amide bonds. The van der Waals surface area contributed by atoms with Crippen LogP contribution in [-0.4, -0.2) is 33.7 Å². The number of benzene rings is 1. The van der Waals surface area contributed by atoms with Gasteiger partial charge in [-0.2, -0.15) is 0 Å². The summed E-state index contributed by atoms with van der Waals surface area (Å²) >= 11 is 0. The fourth-order valence-corrected chi connectivity index (χ4v) is 2.43. The minimum atomic E-state index is -3.90. The average Bonchev–Trinajstić information content (AvgIpc) is 2.27. The summed E-state index contributed by atoms with van der Waals surface area (Å²) in [5, 5.41) is 8.76. The summed E-state index contributed by atoms with van der Waals surface area (Å²) in [5.74, 6) is -0.764. The van der Waals surface area contributed by atoms with Gasteiger partial charge in [-0.05, 0) is 23.8 Å². The number of carboxylic acids is 1. The van der Waals surface area contributed by atoms with E-state index in [1.54, 1.807) is 0 Å². The van der Waals surface area contributed by atoms with E-state index in [1.165, 1.54) is 25.3 Å². The molecular formula is C10H13NO6S. The Balaban J connectivity index is 3.30. The molecule has 0 saturated heterocycles. The SMILES string of the molecule is CONS(=O)(=O)c1ccc(OC)cc1CC(=O)O. The molecule has 0 bridgehead atoms. The molecule has 0 saturated carbocycles. The van der Waals surface area contributed by atoms with E-state index in [9.17, 15) is 13.2 Å². The fraction of sp³-hybridized carbons (Fsp3) is 0.300. The minimum absolute atomic E-state index is 0.117. The molecule has 18 heavy (non-hydrogen) atoms. The van der Waals surface area contributed by atoms with E-state index in [2.05, 4.69) is 4.84 Å². The van der Waals surface area contributed by atoms with Crippen molar-refractivity contribution >= 4 is 16.0 Å². The van der Waals surface area contributed by atoms with Gasteiger partial charge in [-0.3, -0.25) is 9.63 Å². The molecule has 0 fully saturated rings. The Bertz CT molecular complexity index is 539. The fourth-order valence-electron chi connectivity index (χ4n) is 1.40. The van der Waals surface area contributed by atoms with Gasteiger partial charge in [0.2, 0.25) is 0 Å². The number of hydrogen-bond donors (Lipinski definition) is 2. The second kappa shape index (κ2) is 5.80. The summed E-state index contributed by atoms with van der Waals surface area (Å²) < 4.78 is 28.5. The highest BCUT2D eigenvalue weighted by molar-refractivity contribution is 7.89. The smallest absolute Gasteiger partial charge is 0.307 e. The maximum Gasteiger partial charge on any atom is 0.307 e. The van der Waals surface area contributed by atoms with Crippen LogP contribution in [0.25, 0.3) is 0 Å². The number of aliphatic carboxylic acids is 1. The van der Waals surface area contributed by atoms with Gasteiger partial charge in [-0.15, -0.1) is 0 Å². The number of ether oxygens (including phenoxy) is 1. The third kappa shape index (κ3) is 3.42. The molecule has 1 rings (SSSR count). The molecule has 0 unspecified atom stereocenters. The van der Waals surface area contributed by atoms with Crippen LogP contribution in [0.15, 0.2) is 23.1 Å². The first-order valence-electron chi connectivity index (χ1n) is 4.84. The summed E-state index contributed by atoms with van der Waals surface area (Å²) in [4.78, 5) is 16.7. The van der Waals surface area contributed by atoms with Crippen LogP contribution in [-0.2, 0) is 26.1 Å². The molecule has 100 valence electrons.